The summed E-state index contributed by atoms with van der Waals surface area (Å²) < 4.78 is 5.77. The Bertz CT molecular complexity index is 625. The summed E-state index contributed by atoms with van der Waals surface area (Å²) in [6.07, 6.45) is 0.367. The van der Waals surface area contributed by atoms with Crippen LogP contribution in [0.25, 0.3) is 10.8 Å². The second kappa shape index (κ2) is 4.90. The van der Waals surface area contributed by atoms with Crippen molar-refractivity contribution in [2.75, 3.05) is 24.6 Å². The minimum Gasteiger partial charge on any atom is -0.489 e. The first-order chi connectivity index (χ1) is 9.31. The number of carbonyl (C=O) groups is 1. The van der Waals surface area contributed by atoms with Gasteiger partial charge in [0.15, 0.2) is 5.75 Å². The van der Waals surface area contributed by atoms with Crippen LogP contribution < -0.4 is 15.4 Å². The molecule has 98 valence electrons. The van der Waals surface area contributed by atoms with E-state index >= 15 is 0 Å². The topological polar surface area (TPSA) is 55.6 Å². The molecule has 0 radical (unpaired) electrons. The van der Waals surface area contributed by atoms with Crippen LogP contribution in [0.1, 0.15) is 6.42 Å². The number of amides is 1. The fourth-order valence-corrected chi connectivity index (χ4v) is 2.47. The predicted octanol–water partition coefficient (Wildman–Crippen LogP) is 1.91. The summed E-state index contributed by atoms with van der Waals surface area (Å²) in [7, 11) is 0. The van der Waals surface area contributed by atoms with Gasteiger partial charge in [-0.3, -0.25) is 4.79 Å². The van der Waals surface area contributed by atoms with Crippen LogP contribution in [0.15, 0.2) is 36.4 Å². The molecule has 0 saturated heterocycles. The molecule has 2 aromatic rings. The Balaban J connectivity index is 2.10. The molecular weight excluding hydrogens is 240 g/mol. The SMILES string of the molecule is NCCC(=O)N1CCOc2c1ccc1ccccc21. The van der Waals surface area contributed by atoms with Crippen molar-refractivity contribution in [2.45, 2.75) is 6.42 Å². The fraction of sp³-hybridized carbons (Fsp3) is 0.267. The fourth-order valence-electron chi connectivity index (χ4n) is 2.47. The first-order valence-electron chi connectivity index (χ1n) is 6.46. The number of nitrogens with two attached hydrogens (primary N) is 1. The van der Waals surface area contributed by atoms with E-state index in [9.17, 15) is 4.79 Å². The second-order valence-electron chi connectivity index (χ2n) is 4.57. The van der Waals surface area contributed by atoms with Crippen molar-refractivity contribution in [1.29, 1.82) is 0 Å². The first kappa shape index (κ1) is 12.0. The number of benzene rings is 2. The summed E-state index contributed by atoms with van der Waals surface area (Å²) in [4.78, 5) is 13.9. The Morgan fingerprint density at radius 2 is 2.11 bits per heavy atom. The van der Waals surface area contributed by atoms with Crippen LogP contribution in [0.4, 0.5) is 5.69 Å². The van der Waals surface area contributed by atoms with E-state index in [-0.39, 0.29) is 5.91 Å². The third-order valence-corrected chi connectivity index (χ3v) is 3.37. The molecule has 0 spiro atoms. The van der Waals surface area contributed by atoms with Gasteiger partial charge >= 0.3 is 0 Å². The number of fused-ring (bicyclic) bond motifs is 3. The summed E-state index contributed by atoms with van der Waals surface area (Å²) in [5.41, 5.74) is 6.32. The molecule has 0 atom stereocenters. The number of carbonyl (C=O) groups excluding carboxylic acids is 1. The average Bonchev–Trinajstić information content (AvgIpc) is 2.46. The van der Waals surface area contributed by atoms with E-state index in [0.717, 1.165) is 22.2 Å². The minimum absolute atomic E-state index is 0.0577. The second-order valence-corrected chi connectivity index (χ2v) is 4.57. The Labute approximate surface area is 111 Å². The Hall–Kier alpha value is -2.07. The number of nitrogens with zero attached hydrogens (tertiary/aromatic N) is 1. The molecule has 2 N–H and O–H groups in total. The molecule has 1 amide bonds. The molecule has 1 aliphatic rings. The lowest BCUT2D eigenvalue weighted by Gasteiger charge is -2.30. The van der Waals surface area contributed by atoms with E-state index in [0.29, 0.717) is 26.1 Å². The summed E-state index contributed by atoms with van der Waals surface area (Å²) in [6.45, 7) is 1.49. The van der Waals surface area contributed by atoms with Gasteiger partial charge in [-0.25, -0.2) is 0 Å². The lowest BCUT2D eigenvalue weighted by Crippen LogP contribution is -2.38. The monoisotopic (exact) mass is 256 g/mol. The van der Waals surface area contributed by atoms with Crippen LogP contribution in [0.5, 0.6) is 5.75 Å². The summed E-state index contributed by atoms with van der Waals surface area (Å²) in [5, 5.41) is 2.17. The third kappa shape index (κ3) is 2.04. The molecule has 3 rings (SSSR count). The standard InChI is InChI=1S/C15H16N2O2/c16-8-7-14(18)17-9-10-19-15-12-4-2-1-3-11(12)5-6-13(15)17/h1-6H,7-10,16H2. The largest absolute Gasteiger partial charge is 0.489 e. The van der Waals surface area contributed by atoms with Gasteiger partial charge in [0.2, 0.25) is 5.91 Å². The molecule has 1 aliphatic heterocycles. The zero-order valence-electron chi connectivity index (χ0n) is 10.6. The van der Waals surface area contributed by atoms with Gasteiger partial charge in [0, 0.05) is 18.4 Å². The quantitative estimate of drug-likeness (QED) is 0.893. The van der Waals surface area contributed by atoms with Crippen LogP contribution in [-0.2, 0) is 4.79 Å². The van der Waals surface area contributed by atoms with E-state index in [1.807, 2.05) is 36.4 Å². The van der Waals surface area contributed by atoms with Gasteiger partial charge in [-0.1, -0.05) is 30.3 Å². The molecule has 4 heteroatoms. The van der Waals surface area contributed by atoms with Crippen LogP contribution in [0, 0.1) is 0 Å². The molecule has 0 aromatic heterocycles. The van der Waals surface area contributed by atoms with Gasteiger partial charge in [-0.15, -0.1) is 0 Å². The zero-order valence-corrected chi connectivity index (χ0v) is 10.6. The molecule has 0 bridgehead atoms. The number of hydrogen-bond acceptors (Lipinski definition) is 3. The number of anilines is 1. The highest BCUT2D eigenvalue weighted by Gasteiger charge is 2.24. The molecule has 0 unspecified atom stereocenters. The van der Waals surface area contributed by atoms with E-state index in [4.69, 9.17) is 10.5 Å². The van der Waals surface area contributed by atoms with Crippen molar-refractivity contribution in [3.8, 4) is 5.75 Å². The Kier molecular flexibility index (Phi) is 3.09. The molecule has 0 fully saturated rings. The van der Waals surface area contributed by atoms with Crippen molar-refractivity contribution in [3.05, 3.63) is 36.4 Å². The van der Waals surface area contributed by atoms with E-state index < -0.39 is 0 Å². The van der Waals surface area contributed by atoms with Crippen molar-refractivity contribution in [1.82, 2.24) is 0 Å². The van der Waals surface area contributed by atoms with Gasteiger partial charge in [-0.05, 0) is 11.5 Å². The summed E-state index contributed by atoms with van der Waals surface area (Å²) >= 11 is 0. The molecular formula is C15H16N2O2. The maximum absolute atomic E-state index is 12.1. The van der Waals surface area contributed by atoms with E-state index in [1.54, 1.807) is 4.90 Å². The van der Waals surface area contributed by atoms with Crippen molar-refractivity contribution >= 4 is 22.4 Å². The minimum atomic E-state index is 0.0577. The zero-order chi connectivity index (χ0) is 13.2. The molecule has 4 nitrogen and oxygen atoms in total. The smallest absolute Gasteiger partial charge is 0.228 e. The lowest BCUT2D eigenvalue weighted by molar-refractivity contribution is -0.118. The van der Waals surface area contributed by atoms with Crippen molar-refractivity contribution < 1.29 is 9.53 Å². The maximum atomic E-state index is 12.1. The number of ether oxygens (including phenoxy) is 1. The van der Waals surface area contributed by atoms with Crippen LogP contribution in [0.2, 0.25) is 0 Å². The van der Waals surface area contributed by atoms with Gasteiger partial charge in [0.1, 0.15) is 6.61 Å². The molecule has 1 heterocycles. The number of rotatable bonds is 2. The number of hydrogen-bond donors (Lipinski definition) is 1. The molecule has 0 aliphatic carbocycles. The van der Waals surface area contributed by atoms with Crippen molar-refractivity contribution in [3.63, 3.8) is 0 Å². The summed E-state index contributed by atoms with van der Waals surface area (Å²) in [5.74, 6) is 0.858. The Morgan fingerprint density at radius 1 is 1.26 bits per heavy atom. The normalized spacial score (nSPS) is 14.1. The molecule has 19 heavy (non-hydrogen) atoms. The van der Waals surface area contributed by atoms with Crippen LogP contribution in [-0.4, -0.2) is 25.6 Å². The highest BCUT2D eigenvalue weighted by atomic mass is 16.5. The van der Waals surface area contributed by atoms with Gasteiger partial charge < -0.3 is 15.4 Å². The first-order valence-corrected chi connectivity index (χ1v) is 6.46. The lowest BCUT2D eigenvalue weighted by atomic mass is 10.1. The van der Waals surface area contributed by atoms with Gasteiger partial charge in [0.05, 0.1) is 12.2 Å². The van der Waals surface area contributed by atoms with Crippen LogP contribution >= 0.6 is 0 Å². The molecule has 2 aromatic carbocycles. The molecule has 0 saturated carbocycles. The highest BCUT2D eigenvalue weighted by Crippen LogP contribution is 2.38. The van der Waals surface area contributed by atoms with Crippen molar-refractivity contribution in [2.24, 2.45) is 5.73 Å². The van der Waals surface area contributed by atoms with Gasteiger partial charge in [0.25, 0.3) is 0 Å². The average molecular weight is 256 g/mol. The summed E-state index contributed by atoms with van der Waals surface area (Å²) in [6, 6.07) is 12.0. The highest BCUT2D eigenvalue weighted by molar-refractivity contribution is 6.01. The predicted molar refractivity (Wildman–Crippen MR) is 75.5 cm³/mol. The Morgan fingerprint density at radius 3 is 2.95 bits per heavy atom. The van der Waals surface area contributed by atoms with E-state index in [1.165, 1.54) is 0 Å². The van der Waals surface area contributed by atoms with E-state index in [2.05, 4.69) is 0 Å². The van der Waals surface area contributed by atoms with Gasteiger partial charge in [-0.2, -0.15) is 0 Å². The third-order valence-electron chi connectivity index (χ3n) is 3.37. The van der Waals surface area contributed by atoms with Crippen LogP contribution in [0.3, 0.4) is 0 Å². The maximum Gasteiger partial charge on any atom is 0.228 e.